The highest BCUT2D eigenvalue weighted by Gasteiger charge is 2.27. The van der Waals surface area contributed by atoms with Gasteiger partial charge in [0.1, 0.15) is 5.60 Å². The van der Waals surface area contributed by atoms with Gasteiger partial charge < -0.3 is 4.74 Å². The van der Waals surface area contributed by atoms with Gasteiger partial charge in [-0.15, -0.1) is 0 Å². The Kier molecular flexibility index (Phi) is 3.63. The van der Waals surface area contributed by atoms with E-state index in [9.17, 15) is 4.79 Å². The van der Waals surface area contributed by atoms with Crippen molar-refractivity contribution < 1.29 is 9.53 Å². The van der Waals surface area contributed by atoms with E-state index >= 15 is 0 Å². The molecule has 0 aliphatic heterocycles. The second-order valence-corrected chi connectivity index (χ2v) is 5.55. The molecule has 78 valence electrons. The zero-order chi connectivity index (χ0) is 10.8. The second kappa shape index (κ2) is 4.37. The van der Waals surface area contributed by atoms with Crippen LogP contribution in [0.4, 0.5) is 5.13 Å². The molecule has 1 heterocycles. The predicted molar refractivity (Wildman–Crippen MR) is 59.5 cm³/mol. The number of aromatic nitrogens is 1. The molecule has 1 N–H and O–H groups in total. The van der Waals surface area contributed by atoms with Gasteiger partial charge in [-0.25, -0.2) is 4.98 Å². The van der Waals surface area contributed by atoms with Crippen molar-refractivity contribution in [1.29, 1.82) is 0 Å². The topological polar surface area (TPSA) is 51.2 Å². The van der Waals surface area contributed by atoms with Crippen LogP contribution < -0.4 is 5.32 Å². The van der Waals surface area contributed by atoms with E-state index in [4.69, 9.17) is 4.74 Å². The van der Waals surface area contributed by atoms with Crippen LogP contribution in [0.2, 0.25) is 0 Å². The van der Waals surface area contributed by atoms with Crippen molar-refractivity contribution in [3.8, 4) is 0 Å². The Balaban J connectivity index is 2.66. The lowest BCUT2D eigenvalue weighted by molar-refractivity contribution is -0.133. The van der Waals surface area contributed by atoms with Gasteiger partial charge in [-0.3, -0.25) is 10.1 Å². The number of hydrogen-bond donors (Lipinski definition) is 1. The second-order valence-electron chi connectivity index (χ2n) is 3.14. The van der Waals surface area contributed by atoms with Crippen LogP contribution >= 0.6 is 27.3 Å². The minimum atomic E-state index is -0.835. The fourth-order valence-corrected chi connectivity index (χ4v) is 1.75. The largest absolute Gasteiger partial charge is 0.369 e. The molecular formula is C8H11BrN2O2S. The van der Waals surface area contributed by atoms with Crippen molar-refractivity contribution in [2.24, 2.45) is 0 Å². The highest BCUT2D eigenvalue weighted by atomic mass is 79.9. The number of anilines is 1. The molecule has 0 radical (unpaired) electrons. The summed E-state index contributed by atoms with van der Waals surface area (Å²) in [6.07, 6.45) is 1.64. The smallest absolute Gasteiger partial charge is 0.257 e. The number of halogens is 1. The molecule has 1 aromatic rings. The first-order valence-electron chi connectivity index (χ1n) is 3.93. The first-order valence-corrected chi connectivity index (χ1v) is 5.54. The summed E-state index contributed by atoms with van der Waals surface area (Å²) in [5.41, 5.74) is -0.835. The Morgan fingerprint density at radius 3 is 2.79 bits per heavy atom. The average Bonchev–Trinajstić information content (AvgIpc) is 2.51. The van der Waals surface area contributed by atoms with Crippen molar-refractivity contribution in [3.63, 3.8) is 0 Å². The van der Waals surface area contributed by atoms with Crippen LogP contribution in [0.15, 0.2) is 9.98 Å². The fraction of sp³-hybridized carbons (Fsp3) is 0.500. The molecule has 0 aromatic carbocycles. The molecular weight excluding hydrogens is 268 g/mol. The molecule has 14 heavy (non-hydrogen) atoms. The summed E-state index contributed by atoms with van der Waals surface area (Å²) in [6.45, 7) is 3.40. The van der Waals surface area contributed by atoms with Crippen LogP contribution in [-0.4, -0.2) is 23.6 Å². The molecule has 0 aliphatic rings. The number of carbonyl (C=O) groups is 1. The van der Waals surface area contributed by atoms with Crippen LogP contribution in [0.5, 0.6) is 0 Å². The molecule has 0 atom stereocenters. The molecule has 4 nitrogen and oxygen atoms in total. The summed E-state index contributed by atoms with van der Waals surface area (Å²) in [5.74, 6) is -0.207. The maximum absolute atomic E-state index is 11.6. The number of methoxy groups -OCH3 is 1. The van der Waals surface area contributed by atoms with Gasteiger partial charge in [0.2, 0.25) is 0 Å². The lowest BCUT2D eigenvalue weighted by Crippen LogP contribution is -2.38. The average molecular weight is 279 g/mol. The van der Waals surface area contributed by atoms with Crippen LogP contribution in [0.3, 0.4) is 0 Å². The molecule has 6 heteroatoms. The summed E-state index contributed by atoms with van der Waals surface area (Å²) in [4.78, 5) is 15.6. The predicted octanol–water partition coefficient (Wildman–Crippen LogP) is 2.27. The monoisotopic (exact) mass is 278 g/mol. The van der Waals surface area contributed by atoms with Gasteiger partial charge in [-0.05, 0) is 29.8 Å². The number of ether oxygens (including phenoxy) is 1. The fourth-order valence-electron chi connectivity index (χ4n) is 0.653. The highest BCUT2D eigenvalue weighted by Crippen LogP contribution is 2.24. The van der Waals surface area contributed by atoms with E-state index in [1.807, 2.05) is 0 Å². The summed E-state index contributed by atoms with van der Waals surface area (Å²) in [7, 11) is 1.50. The molecule has 0 bridgehead atoms. The van der Waals surface area contributed by atoms with Gasteiger partial charge >= 0.3 is 0 Å². The number of thiazole rings is 1. The summed E-state index contributed by atoms with van der Waals surface area (Å²) >= 11 is 4.62. The SMILES string of the molecule is COC(C)(C)C(=O)Nc1ncc(Br)s1. The third-order valence-electron chi connectivity index (χ3n) is 1.76. The molecule has 0 unspecified atom stereocenters. The van der Waals surface area contributed by atoms with Crippen LogP contribution in [0.25, 0.3) is 0 Å². The van der Waals surface area contributed by atoms with E-state index in [2.05, 4.69) is 26.2 Å². The summed E-state index contributed by atoms with van der Waals surface area (Å²) < 4.78 is 5.91. The molecule has 0 spiro atoms. The quantitative estimate of drug-likeness (QED) is 0.923. The van der Waals surface area contributed by atoms with Gasteiger partial charge in [-0.1, -0.05) is 11.3 Å². The maximum atomic E-state index is 11.6. The summed E-state index contributed by atoms with van der Waals surface area (Å²) in [6, 6.07) is 0. The number of nitrogens with zero attached hydrogens (tertiary/aromatic N) is 1. The van der Waals surface area contributed by atoms with Crippen LogP contribution in [0.1, 0.15) is 13.8 Å². The minimum Gasteiger partial charge on any atom is -0.369 e. The Labute approximate surface area is 94.8 Å². The number of hydrogen-bond acceptors (Lipinski definition) is 4. The van der Waals surface area contributed by atoms with Crippen molar-refractivity contribution in [2.45, 2.75) is 19.4 Å². The van der Waals surface area contributed by atoms with E-state index in [0.717, 1.165) is 3.79 Å². The van der Waals surface area contributed by atoms with Gasteiger partial charge in [-0.2, -0.15) is 0 Å². The molecule has 1 rings (SSSR count). The van der Waals surface area contributed by atoms with Crippen LogP contribution in [-0.2, 0) is 9.53 Å². The first kappa shape index (κ1) is 11.6. The van der Waals surface area contributed by atoms with Crippen LogP contribution in [0, 0.1) is 0 Å². The summed E-state index contributed by atoms with van der Waals surface area (Å²) in [5, 5.41) is 3.23. The molecule has 0 saturated carbocycles. The van der Waals surface area contributed by atoms with Gasteiger partial charge in [0.15, 0.2) is 5.13 Å². The first-order chi connectivity index (χ1) is 6.45. The standard InChI is InChI=1S/C8H11BrN2O2S/c1-8(2,13-3)6(12)11-7-10-4-5(9)14-7/h4H,1-3H3,(H,10,11,12). The van der Waals surface area contributed by atoms with Gasteiger partial charge in [0, 0.05) is 7.11 Å². The van der Waals surface area contributed by atoms with Gasteiger partial charge in [0.05, 0.1) is 9.98 Å². The van der Waals surface area contributed by atoms with Crippen molar-refractivity contribution >= 4 is 38.3 Å². The normalized spacial score (nSPS) is 11.4. The molecule has 1 aromatic heterocycles. The molecule has 0 saturated heterocycles. The van der Waals surface area contributed by atoms with Crippen molar-refractivity contribution in [1.82, 2.24) is 4.98 Å². The van der Waals surface area contributed by atoms with E-state index < -0.39 is 5.60 Å². The third kappa shape index (κ3) is 2.76. The Morgan fingerprint density at radius 2 is 2.36 bits per heavy atom. The number of nitrogens with one attached hydrogen (secondary N) is 1. The van der Waals surface area contributed by atoms with E-state index in [-0.39, 0.29) is 5.91 Å². The minimum absolute atomic E-state index is 0.207. The van der Waals surface area contributed by atoms with E-state index in [1.54, 1.807) is 20.0 Å². The maximum Gasteiger partial charge on any atom is 0.257 e. The molecule has 0 aliphatic carbocycles. The Morgan fingerprint density at radius 1 is 1.71 bits per heavy atom. The zero-order valence-corrected chi connectivity index (χ0v) is 10.5. The van der Waals surface area contributed by atoms with Crippen molar-refractivity contribution in [2.75, 3.05) is 12.4 Å². The van der Waals surface area contributed by atoms with Gasteiger partial charge in [0.25, 0.3) is 5.91 Å². The lowest BCUT2D eigenvalue weighted by atomic mass is 10.1. The molecule has 1 amide bonds. The van der Waals surface area contributed by atoms with E-state index in [0.29, 0.717) is 5.13 Å². The number of carbonyl (C=O) groups excluding carboxylic acids is 1. The zero-order valence-electron chi connectivity index (χ0n) is 8.13. The number of amides is 1. The Bertz CT molecular complexity index is 338. The highest BCUT2D eigenvalue weighted by molar-refractivity contribution is 9.11. The van der Waals surface area contributed by atoms with Crippen molar-refractivity contribution in [3.05, 3.63) is 9.98 Å². The Hall–Kier alpha value is -0.460. The number of rotatable bonds is 3. The van der Waals surface area contributed by atoms with E-state index in [1.165, 1.54) is 18.4 Å². The lowest BCUT2D eigenvalue weighted by Gasteiger charge is -2.20. The molecule has 0 fully saturated rings. The third-order valence-corrected chi connectivity index (χ3v) is 3.15.